The van der Waals surface area contributed by atoms with Crippen LogP contribution in [0.3, 0.4) is 0 Å². The molecule has 1 aromatic carbocycles. The van der Waals surface area contributed by atoms with Gasteiger partial charge in [-0.3, -0.25) is 33.8 Å². The van der Waals surface area contributed by atoms with Gasteiger partial charge in [0.15, 0.2) is 63.9 Å². The molecule has 0 bridgehead atoms. The molecule has 4 fully saturated rings. The van der Waals surface area contributed by atoms with E-state index < -0.39 is 177 Å². The van der Waals surface area contributed by atoms with Crippen molar-refractivity contribution in [3.8, 4) is 11.3 Å². The molecule has 1 N–H and O–H groups in total. The van der Waals surface area contributed by atoms with Crippen LogP contribution in [0.1, 0.15) is 200 Å². The Hall–Kier alpha value is -7.65. The molecule has 3 aromatic heterocycles. The second kappa shape index (κ2) is 44.0. The summed E-state index contributed by atoms with van der Waals surface area (Å²) in [4.78, 5) is 148. The number of imidazole rings is 2. The van der Waals surface area contributed by atoms with Gasteiger partial charge in [-0.05, 0) is 200 Å². The number of hydrogen-bond acceptors (Lipinski definition) is 28. The van der Waals surface area contributed by atoms with Crippen LogP contribution in [-0.4, -0.2) is 278 Å². The number of rotatable bonds is 25. The van der Waals surface area contributed by atoms with Crippen LogP contribution in [0.2, 0.25) is 36.3 Å². The minimum atomic E-state index is -2.57. The van der Waals surface area contributed by atoms with E-state index >= 15 is 4.79 Å². The first-order valence-corrected chi connectivity index (χ1v) is 51.6. The first-order valence-electron chi connectivity index (χ1n) is 45.8. The van der Waals surface area contributed by atoms with Crippen molar-refractivity contribution >= 4 is 69.9 Å². The molecule has 0 aliphatic carbocycles. The van der Waals surface area contributed by atoms with E-state index in [-0.39, 0.29) is 96.9 Å². The molecule has 5 aliphatic rings. The molecule has 0 spiro atoms. The number of benzene rings is 1. The number of carbonyl (C=O) groups excluding carboxylic acids is 9. The number of ketones is 4. The SMILES string of the molecule is CC[C@H]1OC(=O)[C@H](C)C(=O)[C@H](C)[C@@H](OC2O[C@H](C)C[C@H](N(C)C)[C@H]2O)[C@@](C)(OC)C[C@@H](C)C(=O)[C@H](C)[C@H]2N(CCCCn3cnc(-c4cccnc4)c3)C(=O)O[C@]12CO[Si](C)(C)C(C)(C)C.CC[C@H]1OC(=O)[C@H](C)C(=O)[C@H](C)[C@@H](OC2O[C@H](C)C[C@H](N(C)C)[C@H]2OC(=O)c2ccccc2)[C@@](C)(OC)C[C@@H](C)C(=O)/C(C)=C/[C@]1(CO[Si](C)(C)C(C)(C)C)OC(=O)n1ccnc1. The minimum absolute atomic E-state index is 0.0436. The molecule has 31 nitrogen and oxygen atoms in total. The number of Topliss-reactive ketones (excluding diaryl/α,β-unsaturated/α-hetero) is 4. The molecule has 24 atom stereocenters. The Balaban J connectivity index is 0.000000319. The van der Waals surface area contributed by atoms with Crippen molar-refractivity contribution in [3.63, 3.8) is 0 Å². The summed E-state index contributed by atoms with van der Waals surface area (Å²) in [5, 5.41) is 11.1. The molecule has 9 rings (SSSR count). The Kier molecular flexibility index (Phi) is 36.4. The van der Waals surface area contributed by atoms with Crippen molar-refractivity contribution in [1.29, 1.82) is 0 Å². The minimum Gasteiger partial charge on any atom is -0.457 e. The molecule has 129 heavy (non-hydrogen) atoms. The van der Waals surface area contributed by atoms with E-state index in [1.807, 2.05) is 109 Å². The highest BCUT2D eigenvalue weighted by atomic mass is 28.4. The Morgan fingerprint density at radius 3 is 1.68 bits per heavy atom. The van der Waals surface area contributed by atoms with Gasteiger partial charge in [-0.2, -0.15) is 0 Å². The van der Waals surface area contributed by atoms with Crippen LogP contribution in [0, 0.1) is 41.4 Å². The predicted octanol–water partition coefficient (Wildman–Crippen LogP) is 14.4. The van der Waals surface area contributed by atoms with Gasteiger partial charge < -0.3 is 85.3 Å². The van der Waals surface area contributed by atoms with Gasteiger partial charge in [0.25, 0.3) is 0 Å². The van der Waals surface area contributed by atoms with Gasteiger partial charge in [-0.25, -0.2) is 28.9 Å². The number of likely N-dealkylation sites (N-methyl/N-ethyl adjacent to an activating group) is 2. The number of esters is 3. The number of unbranched alkanes of at least 4 members (excludes halogenated alkanes) is 1. The lowest BCUT2D eigenvalue weighted by Crippen LogP contribution is -2.63. The van der Waals surface area contributed by atoms with Gasteiger partial charge in [-0.1, -0.05) is 108 Å². The number of nitrogens with zero attached hydrogens (tertiary/aromatic N) is 8. The van der Waals surface area contributed by atoms with Gasteiger partial charge >= 0.3 is 30.1 Å². The Bertz CT molecular complexity index is 4460. The molecule has 0 radical (unpaired) electrons. The number of allylic oxidation sites excluding steroid dienone is 1. The number of fused-ring (bicyclic) bond motifs is 1. The molecule has 0 saturated carbocycles. The van der Waals surface area contributed by atoms with Crippen molar-refractivity contribution in [2.75, 3.05) is 62.2 Å². The van der Waals surface area contributed by atoms with E-state index in [1.54, 1.807) is 102 Å². The van der Waals surface area contributed by atoms with Crippen LogP contribution in [-0.2, 0) is 96.3 Å². The summed E-state index contributed by atoms with van der Waals surface area (Å²) in [6.45, 7) is 45.5. The van der Waals surface area contributed by atoms with E-state index in [0.29, 0.717) is 37.8 Å². The summed E-state index contributed by atoms with van der Waals surface area (Å²) in [6, 6.07) is 10.9. The standard InChI is InChI=1S/C49H79N5O11Si.C47H71N3O12Si/c1-16-38-49(28-61-66(14,15)47(7,8)9)42(54(46(59)65-49)23-18-17-22-53-27-36(51-29-53)35-20-19-21-50-26-35)32(4)39(55)30(2)25-48(10,60-13)43(33(5)40(56)34(6)44(58)63-38)64-45-41(57)37(52(11)12)24-31(3)62-45;1-16-36-47(27-57-63(14,15)45(7,8)9,62-44(55)50-23-22-48-28-50)26-30(3)37(51)29(2)25-46(10,56-13)40(32(5)38(52)33(6)41(53)59-36)61-43-39(35(49(11)12)24-31(4)58-43)60-42(54)34-20-18-17-19-21-34/h19-21,26-27,29-34,37-38,41-43,45,57H,16-18,22-25,28H2,1-15H3;17-23,26,28-29,31-33,35-36,39-40,43H,16,24-25,27H2,1-15H3/b;30-26+/t30-,31-,32+,33+,34-,37+,38-,41-,42-,43-,45?,48+,49-;29-,31-,32+,33-,35+,36-,39-,40-,43?,46+,47-/m11/s1. The molecule has 720 valence electrons. The Labute approximate surface area is 766 Å². The molecule has 1 amide bonds. The lowest BCUT2D eigenvalue weighted by molar-refractivity contribution is -0.295. The van der Waals surface area contributed by atoms with Gasteiger partial charge in [0.2, 0.25) is 0 Å². The number of carbonyl (C=O) groups is 9. The van der Waals surface area contributed by atoms with Crippen LogP contribution in [0.5, 0.6) is 0 Å². The number of ether oxygens (including phenoxy) is 11. The summed E-state index contributed by atoms with van der Waals surface area (Å²) in [7, 11) is 5.36. The summed E-state index contributed by atoms with van der Waals surface area (Å²) in [5.74, 6) is -10.7. The summed E-state index contributed by atoms with van der Waals surface area (Å²) < 4.78 is 87.3. The number of pyridine rings is 1. The van der Waals surface area contributed by atoms with Crippen molar-refractivity contribution < 1.29 is 109 Å². The Morgan fingerprint density at radius 1 is 0.636 bits per heavy atom. The summed E-state index contributed by atoms with van der Waals surface area (Å²) in [5.41, 5.74) is -3.83. The number of methoxy groups -OCH3 is 2. The molecule has 33 heteroatoms. The quantitative estimate of drug-likeness (QED) is 0.0212. The number of amides is 1. The van der Waals surface area contributed by atoms with E-state index in [1.165, 1.54) is 52.9 Å². The zero-order chi connectivity index (χ0) is 96.3. The van der Waals surface area contributed by atoms with Crippen LogP contribution in [0.15, 0.2) is 97.8 Å². The molecule has 4 aromatic rings. The number of hydrogen-bond donors (Lipinski definition) is 1. The van der Waals surface area contributed by atoms with Gasteiger partial charge in [0, 0.05) is 99.5 Å². The maximum absolute atomic E-state index is 15.2. The maximum atomic E-state index is 15.2. The van der Waals surface area contributed by atoms with Crippen LogP contribution >= 0.6 is 0 Å². The number of cyclic esters (lactones) is 2. The third-order valence-corrected chi connectivity index (χ3v) is 37.2. The first-order chi connectivity index (χ1) is 60.1. The molecular formula is C96H150N8O23Si2. The van der Waals surface area contributed by atoms with Gasteiger partial charge in [0.05, 0.1) is 78.5 Å². The average Bonchev–Trinajstić information content (AvgIpc) is 1.59. The van der Waals surface area contributed by atoms with E-state index in [2.05, 4.69) is 69.6 Å². The third-order valence-electron chi connectivity index (χ3n) is 28.2. The highest BCUT2D eigenvalue weighted by Gasteiger charge is 2.65. The summed E-state index contributed by atoms with van der Waals surface area (Å²) >= 11 is 0. The van der Waals surface area contributed by atoms with E-state index in [4.69, 9.17) is 61.0 Å². The second-order valence-corrected chi connectivity index (χ2v) is 50.0. The zero-order valence-electron chi connectivity index (χ0n) is 82.2. The van der Waals surface area contributed by atoms with E-state index in [9.17, 15) is 43.5 Å². The van der Waals surface area contributed by atoms with Crippen LogP contribution in [0.25, 0.3) is 11.3 Å². The molecule has 4 saturated heterocycles. The first kappa shape index (κ1) is 107. The van der Waals surface area contributed by atoms with Crippen molar-refractivity contribution in [3.05, 3.63) is 103 Å². The lowest BCUT2D eigenvalue weighted by Gasteiger charge is -2.47. The second-order valence-electron chi connectivity index (χ2n) is 40.4. The topological polar surface area (TPSA) is 352 Å². The molecular weight excluding hydrogens is 1690 g/mol. The summed E-state index contributed by atoms with van der Waals surface area (Å²) in [6.07, 6.45) is 4.71. The lowest BCUT2D eigenvalue weighted by atomic mass is 9.73. The molecule has 8 heterocycles. The number of aliphatic hydroxyl groups excluding tert-OH is 1. The average molecular weight is 1840 g/mol. The van der Waals surface area contributed by atoms with Gasteiger partial charge in [-0.15, -0.1) is 0 Å². The third kappa shape index (κ3) is 24.9. The fraction of sp³-hybridized carbons (Fsp3) is 0.708. The Morgan fingerprint density at radius 2 is 1.16 bits per heavy atom. The fourth-order valence-electron chi connectivity index (χ4n) is 18.1. The number of aryl methyl sites for hydroxylation is 1. The normalized spacial score (nSPS) is 33.4. The van der Waals surface area contributed by atoms with Crippen LogP contribution < -0.4 is 0 Å². The predicted molar refractivity (Wildman–Crippen MR) is 490 cm³/mol. The van der Waals surface area contributed by atoms with Crippen LogP contribution in [0.4, 0.5) is 9.59 Å². The van der Waals surface area contributed by atoms with E-state index in [0.717, 1.165) is 15.8 Å². The van der Waals surface area contributed by atoms with Crippen molar-refractivity contribution in [1.82, 2.24) is 38.8 Å². The molecule has 5 aliphatic heterocycles. The highest BCUT2D eigenvalue weighted by Crippen LogP contribution is 2.48. The zero-order valence-corrected chi connectivity index (χ0v) is 84.2. The maximum Gasteiger partial charge on any atom is 0.420 e. The number of aromatic nitrogens is 5. The highest BCUT2D eigenvalue weighted by molar-refractivity contribution is 6.74. The number of aliphatic hydroxyl groups is 1. The largest absolute Gasteiger partial charge is 0.457 e. The van der Waals surface area contributed by atoms with Crippen molar-refractivity contribution in [2.45, 2.75) is 335 Å². The van der Waals surface area contributed by atoms with Crippen molar-refractivity contribution in [2.24, 2.45) is 41.4 Å². The monoisotopic (exact) mass is 1840 g/mol. The van der Waals surface area contributed by atoms with Gasteiger partial charge in [0.1, 0.15) is 42.3 Å². The molecule has 2 unspecified atom stereocenters. The fourth-order valence-corrected chi connectivity index (χ4v) is 20.2. The smallest absolute Gasteiger partial charge is 0.420 e.